The lowest BCUT2D eigenvalue weighted by molar-refractivity contribution is 0.0197. The molecule has 31 heavy (non-hydrogen) atoms. The summed E-state index contributed by atoms with van der Waals surface area (Å²) < 4.78 is 11.2. The highest BCUT2D eigenvalue weighted by atomic mass is 35.5. The van der Waals surface area contributed by atoms with Crippen molar-refractivity contribution in [2.45, 2.75) is 58.0 Å². The molecule has 1 aromatic heterocycles. The van der Waals surface area contributed by atoms with E-state index in [1.807, 2.05) is 39.0 Å². The van der Waals surface area contributed by atoms with Gasteiger partial charge in [-0.15, -0.1) is 0 Å². The maximum absolute atomic E-state index is 12.3. The van der Waals surface area contributed by atoms with E-state index < -0.39 is 5.60 Å². The van der Waals surface area contributed by atoms with Crippen molar-refractivity contribution in [3.63, 3.8) is 0 Å². The molecule has 2 aromatic rings. The minimum absolute atomic E-state index is 0.236. The van der Waals surface area contributed by atoms with Gasteiger partial charge in [-0.25, -0.2) is 4.79 Å². The van der Waals surface area contributed by atoms with E-state index in [-0.39, 0.29) is 6.09 Å². The number of carbonyl (C=O) groups excluding carboxylic acids is 1. The maximum atomic E-state index is 12.3. The van der Waals surface area contributed by atoms with Gasteiger partial charge in [0.25, 0.3) is 0 Å². The van der Waals surface area contributed by atoms with Crippen molar-refractivity contribution in [1.29, 1.82) is 0 Å². The molecule has 0 spiro atoms. The molecule has 0 atom stereocenters. The van der Waals surface area contributed by atoms with Crippen LogP contribution in [0.25, 0.3) is 17.3 Å². The van der Waals surface area contributed by atoms with Crippen LogP contribution in [0.4, 0.5) is 4.79 Å². The standard InChI is InChI=1S/C24H28Cl2N2O3/c1-24(2,3)30-23(29)28-13-11-15(12-14-28)7-10-17-21(27-31-22(17)16-8-9-16)20-18(25)5-4-6-19(20)26/h4-7,10,15-16H,8-9,11-14H2,1-3H3/b10-7-. The van der Waals surface area contributed by atoms with Gasteiger partial charge >= 0.3 is 6.09 Å². The highest BCUT2D eigenvalue weighted by molar-refractivity contribution is 6.39. The molecule has 2 aliphatic rings. The van der Waals surface area contributed by atoms with Crippen LogP contribution in [-0.2, 0) is 4.74 Å². The van der Waals surface area contributed by atoms with E-state index in [4.69, 9.17) is 32.5 Å². The number of ether oxygens (including phenoxy) is 1. The summed E-state index contributed by atoms with van der Waals surface area (Å²) in [4.78, 5) is 14.1. The van der Waals surface area contributed by atoms with Crippen LogP contribution in [0.2, 0.25) is 10.0 Å². The van der Waals surface area contributed by atoms with E-state index in [9.17, 15) is 4.79 Å². The Balaban J connectivity index is 1.50. The topological polar surface area (TPSA) is 55.6 Å². The quantitative estimate of drug-likeness (QED) is 0.482. The minimum atomic E-state index is -0.474. The fraction of sp³-hybridized carbons (Fsp3) is 0.500. The number of benzene rings is 1. The van der Waals surface area contributed by atoms with Crippen molar-refractivity contribution in [2.24, 2.45) is 5.92 Å². The van der Waals surface area contributed by atoms with Gasteiger partial charge in [0.1, 0.15) is 17.1 Å². The number of hydrogen-bond donors (Lipinski definition) is 0. The molecule has 2 heterocycles. The molecule has 166 valence electrons. The number of rotatable bonds is 4. The zero-order chi connectivity index (χ0) is 22.2. The Hall–Kier alpha value is -1.98. The molecule has 0 N–H and O–H groups in total. The third-order valence-electron chi connectivity index (χ3n) is 5.63. The predicted octanol–water partition coefficient (Wildman–Crippen LogP) is 7.19. The SMILES string of the molecule is CC(C)(C)OC(=O)N1CCC(/C=C\c2c(-c3c(Cl)cccc3Cl)noc2C2CC2)CC1. The van der Waals surface area contributed by atoms with Gasteiger partial charge in [-0.05, 0) is 64.5 Å². The Bertz CT molecular complexity index is 961. The van der Waals surface area contributed by atoms with E-state index in [0.717, 1.165) is 37.0 Å². The smallest absolute Gasteiger partial charge is 0.410 e. The first kappa shape index (κ1) is 22.2. The molecule has 0 bridgehead atoms. The van der Waals surface area contributed by atoms with Gasteiger partial charge in [0.05, 0.1) is 10.0 Å². The summed E-state index contributed by atoms with van der Waals surface area (Å²) in [5.74, 6) is 1.69. The second-order valence-electron chi connectivity index (χ2n) is 9.34. The van der Waals surface area contributed by atoms with Gasteiger partial charge in [-0.3, -0.25) is 0 Å². The Morgan fingerprint density at radius 3 is 2.39 bits per heavy atom. The van der Waals surface area contributed by atoms with Crippen molar-refractivity contribution in [2.75, 3.05) is 13.1 Å². The molecule has 5 nitrogen and oxygen atoms in total. The second kappa shape index (κ2) is 8.87. The maximum Gasteiger partial charge on any atom is 0.410 e. The number of nitrogens with zero attached hydrogens (tertiary/aromatic N) is 2. The molecule has 1 amide bonds. The zero-order valence-corrected chi connectivity index (χ0v) is 19.7. The van der Waals surface area contributed by atoms with Gasteiger partial charge in [-0.1, -0.05) is 46.6 Å². The first-order valence-electron chi connectivity index (χ1n) is 10.8. The lowest BCUT2D eigenvalue weighted by atomic mass is 9.94. The van der Waals surface area contributed by atoms with E-state index in [0.29, 0.717) is 46.2 Å². The van der Waals surface area contributed by atoms with Crippen molar-refractivity contribution in [1.82, 2.24) is 10.1 Å². The molecule has 1 aliphatic carbocycles. The number of hydrogen-bond acceptors (Lipinski definition) is 4. The summed E-state index contributed by atoms with van der Waals surface area (Å²) in [5.41, 5.74) is 1.89. The lowest BCUT2D eigenvalue weighted by Gasteiger charge is -2.32. The highest BCUT2D eigenvalue weighted by Gasteiger charge is 2.33. The molecule has 7 heteroatoms. The summed E-state index contributed by atoms with van der Waals surface area (Å²) in [6.45, 7) is 7.04. The molecule has 1 aliphatic heterocycles. The first-order valence-corrected chi connectivity index (χ1v) is 11.6. The summed E-state index contributed by atoms with van der Waals surface area (Å²) in [5, 5.41) is 5.46. The molecule has 1 aromatic carbocycles. The van der Waals surface area contributed by atoms with Crippen LogP contribution >= 0.6 is 23.2 Å². The summed E-state index contributed by atoms with van der Waals surface area (Å²) in [7, 11) is 0. The zero-order valence-electron chi connectivity index (χ0n) is 18.2. The highest BCUT2D eigenvalue weighted by Crippen LogP contribution is 2.46. The summed E-state index contributed by atoms with van der Waals surface area (Å²) in [6, 6.07) is 5.45. The number of halogens is 2. The van der Waals surface area contributed by atoms with Gasteiger partial charge in [0.15, 0.2) is 0 Å². The normalized spacial score (nSPS) is 18.0. The van der Waals surface area contributed by atoms with Crippen LogP contribution in [0.15, 0.2) is 28.8 Å². The fourth-order valence-electron chi connectivity index (χ4n) is 3.85. The van der Waals surface area contributed by atoms with Crippen LogP contribution in [-0.4, -0.2) is 34.8 Å². The molecule has 1 saturated carbocycles. The van der Waals surface area contributed by atoms with Gasteiger partial charge in [0.2, 0.25) is 0 Å². The largest absolute Gasteiger partial charge is 0.444 e. The molecule has 1 saturated heterocycles. The van der Waals surface area contributed by atoms with Crippen molar-refractivity contribution in [3.8, 4) is 11.3 Å². The van der Waals surface area contributed by atoms with Crippen molar-refractivity contribution >= 4 is 35.4 Å². The molecule has 0 radical (unpaired) electrons. The molecule has 0 unspecified atom stereocenters. The lowest BCUT2D eigenvalue weighted by Crippen LogP contribution is -2.41. The Kier molecular flexibility index (Phi) is 6.36. The summed E-state index contributed by atoms with van der Waals surface area (Å²) in [6.07, 6.45) is 8.08. The number of aromatic nitrogens is 1. The van der Waals surface area contributed by atoms with Crippen LogP contribution in [0, 0.1) is 5.92 Å². The van der Waals surface area contributed by atoms with E-state index in [1.54, 1.807) is 4.90 Å². The van der Waals surface area contributed by atoms with Crippen LogP contribution in [0.1, 0.15) is 63.7 Å². The molecule has 4 rings (SSSR count). The van der Waals surface area contributed by atoms with E-state index >= 15 is 0 Å². The Morgan fingerprint density at radius 1 is 1.16 bits per heavy atom. The van der Waals surface area contributed by atoms with E-state index in [1.165, 1.54) is 0 Å². The monoisotopic (exact) mass is 462 g/mol. The van der Waals surface area contributed by atoms with Gasteiger partial charge in [0, 0.05) is 30.1 Å². The predicted molar refractivity (Wildman–Crippen MR) is 123 cm³/mol. The summed E-state index contributed by atoms with van der Waals surface area (Å²) >= 11 is 12.9. The first-order chi connectivity index (χ1) is 14.7. The number of likely N-dealkylation sites (tertiary alicyclic amines) is 1. The average Bonchev–Trinajstić information content (AvgIpc) is 3.46. The van der Waals surface area contributed by atoms with Gasteiger partial charge in [-0.2, -0.15) is 0 Å². The second-order valence-corrected chi connectivity index (χ2v) is 10.2. The third kappa shape index (κ3) is 5.27. The number of allylic oxidation sites excluding steroid dienone is 1. The Morgan fingerprint density at radius 2 is 1.81 bits per heavy atom. The molecular weight excluding hydrogens is 435 g/mol. The van der Waals surface area contributed by atoms with Crippen LogP contribution < -0.4 is 0 Å². The Labute approximate surface area is 193 Å². The van der Waals surface area contributed by atoms with Gasteiger partial charge < -0.3 is 14.2 Å². The molecule has 2 fully saturated rings. The average molecular weight is 463 g/mol. The number of carbonyl (C=O) groups is 1. The van der Waals surface area contributed by atoms with Crippen molar-refractivity contribution < 1.29 is 14.1 Å². The van der Waals surface area contributed by atoms with E-state index in [2.05, 4.69) is 17.3 Å². The van der Waals surface area contributed by atoms with Crippen molar-refractivity contribution in [3.05, 3.63) is 45.6 Å². The number of amides is 1. The number of piperidine rings is 1. The fourth-order valence-corrected chi connectivity index (χ4v) is 4.42. The van der Waals surface area contributed by atoms with Crippen LogP contribution in [0.3, 0.4) is 0 Å². The molecular formula is C24H28Cl2N2O3. The third-order valence-corrected chi connectivity index (χ3v) is 6.26. The van der Waals surface area contributed by atoms with Crippen LogP contribution in [0.5, 0.6) is 0 Å². The minimum Gasteiger partial charge on any atom is -0.444 e.